The van der Waals surface area contributed by atoms with Gasteiger partial charge in [-0.15, -0.1) is 10.2 Å². The summed E-state index contributed by atoms with van der Waals surface area (Å²) in [6.07, 6.45) is 0. The second-order valence-corrected chi connectivity index (χ2v) is 4.15. The predicted molar refractivity (Wildman–Crippen MR) is 56.5 cm³/mol. The van der Waals surface area contributed by atoms with Crippen LogP contribution >= 0.6 is 0 Å². The third kappa shape index (κ3) is 4.35. The molecule has 1 N–H and O–H groups in total. The Kier molecular flexibility index (Phi) is 4.36. The molecule has 0 spiro atoms. The van der Waals surface area contributed by atoms with E-state index in [1.165, 1.54) is 4.80 Å². The van der Waals surface area contributed by atoms with Gasteiger partial charge in [0.1, 0.15) is 0 Å². The summed E-state index contributed by atoms with van der Waals surface area (Å²) in [5, 5.41) is 20.3. The monoisotopic (exact) mass is 227 g/mol. The molecule has 1 rings (SSSR count). The zero-order valence-corrected chi connectivity index (χ0v) is 9.79. The number of carboxylic acids is 1. The Morgan fingerprint density at radius 2 is 2.25 bits per heavy atom. The quantitative estimate of drug-likeness (QED) is 0.721. The Morgan fingerprint density at radius 1 is 1.56 bits per heavy atom. The summed E-state index contributed by atoms with van der Waals surface area (Å²) in [6, 6.07) is 0. The fourth-order valence-corrected chi connectivity index (χ4v) is 1.48. The molecule has 16 heavy (non-hydrogen) atoms. The van der Waals surface area contributed by atoms with Crippen LogP contribution in [0.1, 0.15) is 19.7 Å². The van der Waals surface area contributed by atoms with Crippen LogP contribution in [0.25, 0.3) is 0 Å². The molecule has 7 heteroatoms. The zero-order valence-electron chi connectivity index (χ0n) is 9.79. The minimum atomic E-state index is -0.843. The molecule has 0 saturated heterocycles. The van der Waals surface area contributed by atoms with Crippen molar-refractivity contribution in [1.82, 2.24) is 25.1 Å². The fourth-order valence-electron chi connectivity index (χ4n) is 1.48. The van der Waals surface area contributed by atoms with Gasteiger partial charge in [-0.1, -0.05) is 13.8 Å². The topological polar surface area (TPSA) is 84.1 Å². The minimum Gasteiger partial charge on any atom is -0.480 e. The minimum absolute atomic E-state index is 0.00354. The average Bonchev–Trinajstić information content (AvgIpc) is 2.48. The van der Waals surface area contributed by atoms with Crippen LogP contribution in [0.4, 0.5) is 0 Å². The van der Waals surface area contributed by atoms with Crippen molar-refractivity contribution in [2.75, 3.05) is 13.1 Å². The van der Waals surface area contributed by atoms with Crippen LogP contribution < -0.4 is 0 Å². The summed E-state index contributed by atoms with van der Waals surface area (Å²) in [5.41, 5.74) is 0. The van der Waals surface area contributed by atoms with E-state index in [4.69, 9.17) is 5.11 Å². The number of nitrogens with zero attached hydrogens (tertiary/aromatic N) is 5. The Bertz CT molecular complexity index is 349. The first-order valence-electron chi connectivity index (χ1n) is 5.14. The summed E-state index contributed by atoms with van der Waals surface area (Å²) in [6.45, 7) is 5.19. The summed E-state index contributed by atoms with van der Waals surface area (Å²) >= 11 is 0. The molecule has 0 aliphatic rings. The first-order valence-corrected chi connectivity index (χ1v) is 5.14. The number of hydrogen-bond acceptors (Lipinski definition) is 5. The van der Waals surface area contributed by atoms with Gasteiger partial charge in [-0.05, 0) is 11.1 Å². The Hall–Kier alpha value is -1.50. The van der Waals surface area contributed by atoms with Crippen molar-refractivity contribution in [1.29, 1.82) is 0 Å². The van der Waals surface area contributed by atoms with Crippen molar-refractivity contribution in [3.63, 3.8) is 0 Å². The van der Waals surface area contributed by atoms with Crippen LogP contribution in [0.5, 0.6) is 0 Å². The summed E-state index contributed by atoms with van der Waals surface area (Å²) in [7, 11) is 1.68. The van der Waals surface area contributed by atoms with Gasteiger partial charge < -0.3 is 5.11 Å². The van der Waals surface area contributed by atoms with E-state index in [-0.39, 0.29) is 6.54 Å². The maximum atomic E-state index is 10.7. The first-order chi connectivity index (χ1) is 7.47. The number of tetrazole rings is 1. The molecule has 0 aliphatic heterocycles. The van der Waals surface area contributed by atoms with Crippen molar-refractivity contribution in [3.05, 3.63) is 5.82 Å². The largest absolute Gasteiger partial charge is 0.480 e. The molecule has 0 amide bonds. The summed E-state index contributed by atoms with van der Waals surface area (Å²) in [5.74, 6) is 0.102. The van der Waals surface area contributed by atoms with E-state index in [9.17, 15) is 4.79 Å². The highest BCUT2D eigenvalue weighted by atomic mass is 16.4. The van der Waals surface area contributed by atoms with Crippen molar-refractivity contribution in [2.24, 2.45) is 13.0 Å². The number of aliphatic carboxylic acids is 1. The van der Waals surface area contributed by atoms with Crippen LogP contribution in [0.3, 0.4) is 0 Å². The third-order valence-electron chi connectivity index (χ3n) is 1.90. The van der Waals surface area contributed by atoms with Crippen LogP contribution in [-0.4, -0.2) is 49.3 Å². The van der Waals surface area contributed by atoms with E-state index in [2.05, 4.69) is 15.4 Å². The molecule has 0 fully saturated rings. The van der Waals surface area contributed by atoms with Gasteiger partial charge in [0, 0.05) is 6.54 Å². The van der Waals surface area contributed by atoms with Gasteiger partial charge in [0.25, 0.3) is 0 Å². The van der Waals surface area contributed by atoms with Gasteiger partial charge in [-0.2, -0.15) is 4.80 Å². The molecule has 0 aliphatic carbocycles. The van der Waals surface area contributed by atoms with Gasteiger partial charge >= 0.3 is 5.97 Å². The smallest absolute Gasteiger partial charge is 0.317 e. The third-order valence-corrected chi connectivity index (χ3v) is 1.90. The Labute approximate surface area is 94.0 Å². The van der Waals surface area contributed by atoms with Gasteiger partial charge in [-0.25, -0.2) is 0 Å². The molecule has 0 saturated carbocycles. The van der Waals surface area contributed by atoms with Crippen molar-refractivity contribution >= 4 is 5.97 Å². The van der Waals surface area contributed by atoms with Crippen LogP contribution in [-0.2, 0) is 18.4 Å². The van der Waals surface area contributed by atoms with Gasteiger partial charge in [-0.3, -0.25) is 9.69 Å². The number of rotatable bonds is 6. The number of aryl methyl sites for hydroxylation is 1. The highest BCUT2D eigenvalue weighted by Crippen LogP contribution is 2.02. The molecular weight excluding hydrogens is 210 g/mol. The maximum Gasteiger partial charge on any atom is 0.317 e. The normalized spacial score (nSPS) is 11.3. The molecule has 7 nitrogen and oxygen atoms in total. The van der Waals surface area contributed by atoms with E-state index in [0.29, 0.717) is 24.8 Å². The number of aromatic nitrogens is 4. The molecule has 0 aromatic carbocycles. The van der Waals surface area contributed by atoms with E-state index in [0.717, 1.165) is 0 Å². The predicted octanol–water partition coefficient (Wildman–Crippen LogP) is -0.247. The van der Waals surface area contributed by atoms with E-state index in [1.807, 2.05) is 13.8 Å². The highest BCUT2D eigenvalue weighted by Gasteiger charge is 2.14. The summed E-state index contributed by atoms with van der Waals surface area (Å²) in [4.78, 5) is 13.8. The maximum absolute atomic E-state index is 10.7. The van der Waals surface area contributed by atoms with Crippen LogP contribution in [0.2, 0.25) is 0 Å². The van der Waals surface area contributed by atoms with E-state index < -0.39 is 5.97 Å². The summed E-state index contributed by atoms with van der Waals surface area (Å²) < 4.78 is 0. The lowest BCUT2D eigenvalue weighted by Crippen LogP contribution is -2.32. The lowest BCUT2D eigenvalue weighted by molar-refractivity contribution is -0.138. The van der Waals surface area contributed by atoms with Gasteiger partial charge in [0.05, 0.1) is 20.1 Å². The van der Waals surface area contributed by atoms with Crippen LogP contribution in [0.15, 0.2) is 0 Å². The zero-order chi connectivity index (χ0) is 12.1. The Morgan fingerprint density at radius 3 is 2.69 bits per heavy atom. The molecule has 1 aromatic heterocycles. The Balaban J connectivity index is 2.58. The highest BCUT2D eigenvalue weighted by molar-refractivity contribution is 5.69. The average molecular weight is 227 g/mol. The van der Waals surface area contributed by atoms with Gasteiger partial charge in [0.2, 0.25) is 0 Å². The fraction of sp³-hybridized carbons (Fsp3) is 0.778. The van der Waals surface area contributed by atoms with E-state index >= 15 is 0 Å². The molecule has 1 aromatic rings. The number of hydrogen-bond donors (Lipinski definition) is 1. The molecule has 0 bridgehead atoms. The molecule has 0 radical (unpaired) electrons. The van der Waals surface area contributed by atoms with E-state index in [1.54, 1.807) is 11.9 Å². The first kappa shape index (κ1) is 12.6. The molecular formula is C9H17N5O2. The van der Waals surface area contributed by atoms with Crippen molar-refractivity contribution < 1.29 is 9.90 Å². The lowest BCUT2D eigenvalue weighted by atomic mass is 10.2. The van der Waals surface area contributed by atoms with Gasteiger partial charge in [0.15, 0.2) is 5.82 Å². The van der Waals surface area contributed by atoms with Crippen molar-refractivity contribution in [2.45, 2.75) is 20.4 Å². The molecule has 0 unspecified atom stereocenters. The number of carboxylic acid groups (broad SMARTS) is 1. The lowest BCUT2D eigenvalue weighted by Gasteiger charge is -2.20. The SMILES string of the molecule is CC(C)CN(CC(=O)O)Cc1nnn(C)n1. The van der Waals surface area contributed by atoms with Crippen molar-refractivity contribution in [3.8, 4) is 0 Å². The second kappa shape index (κ2) is 5.55. The molecule has 1 heterocycles. The second-order valence-electron chi connectivity index (χ2n) is 4.15. The molecule has 0 atom stereocenters. The standard InChI is InChI=1S/C9H17N5O2/c1-7(2)4-14(6-9(15)16)5-8-10-12-13(3)11-8/h7H,4-6H2,1-3H3,(H,15,16). The van der Waals surface area contributed by atoms with Crippen LogP contribution in [0, 0.1) is 5.92 Å². The number of carbonyl (C=O) groups is 1. The molecule has 90 valence electrons.